The number of para-hydroxylation sites is 1. The molecular formula is C26H28N6O2S. The maximum Gasteiger partial charge on any atom is 0.248 e. The molecule has 9 heteroatoms. The van der Waals surface area contributed by atoms with Crippen molar-refractivity contribution in [1.29, 1.82) is 0 Å². The Morgan fingerprint density at radius 1 is 0.943 bits per heavy atom. The van der Waals surface area contributed by atoms with E-state index in [0.717, 1.165) is 30.5 Å². The Labute approximate surface area is 208 Å². The topological polar surface area (TPSA) is 102 Å². The van der Waals surface area contributed by atoms with Gasteiger partial charge in [0.05, 0.1) is 11.2 Å². The fourth-order valence-corrected chi connectivity index (χ4v) is 7.42. The average Bonchev–Trinajstić information content (AvgIpc) is 3.30. The van der Waals surface area contributed by atoms with E-state index in [2.05, 4.69) is 26.0 Å². The number of amides is 2. The fourth-order valence-electron chi connectivity index (χ4n) is 6.67. The molecule has 180 valence electrons. The lowest BCUT2D eigenvalue weighted by Crippen LogP contribution is -2.56. The first-order chi connectivity index (χ1) is 17.1. The number of pyridine rings is 1. The van der Waals surface area contributed by atoms with Crippen LogP contribution >= 0.6 is 11.8 Å². The molecule has 2 N–H and O–H groups in total. The van der Waals surface area contributed by atoms with E-state index in [1.54, 1.807) is 12.4 Å². The molecule has 0 radical (unpaired) electrons. The van der Waals surface area contributed by atoms with E-state index in [0.29, 0.717) is 28.7 Å². The highest BCUT2D eigenvalue weighted by molar-refractivity contribution is 7.99. The number of aromatic nitrogens is 4. The van der Waals surface area contributed by atoms with Gasteiger partial charge in [0.25, 0.3) is 0 Å². The first kappa shape index (κ1) is 22.3. The van der Waals surface area contributed by atoms with Crippen molar-refractivity contribution in [2.45, 2.75) is 43.7 Å². The lowest BCUT2D eigenvalue weighted by Gasteiger charge is -2.55. The maximum absolute atomic E-state index is 13.1. The van der Waals surface area contributed by atoms with Crippen LogP contribution in [0.4, 0.5) is 0 Å². The van der Waals surface area contributed by atoms with Crippen LogP contribution in [0.25, 0.3) is 17.1 Å². The van der Waals surface area contributed by atoms with Crippen molar-refractivity contribution in [2.75, 3.05) is 5.75 Å². The number of thioether (sulfide) groups is 1. The molecule has 4 aliphatic rings. The number of nitrogens with zero attached hydrogens (tertiary/aromatic N) is 4. The summed E-state index contributed by atoms with van der Waals surface area (Å²) in [5.41, 5.74) is 6.84. The minimum absolute atomic E-state index is 0.0127. The summed E-state index contributed by atoms with van der Waals surface area (Å²) in [5, 5.41) is 9.31. The monoisotopic (exact) mass is 488 g/mol. The van der Waals surface area contributed by atoms with Crippen molar-refractivity contribution in [1.82, 2.24) is 30.6 Å². The highest BCUT2D eigenvalue weighted by Gasteiger charge is 2.54. The number of hydrogen-bond acceptors (Lipinski definition) is 6. The lowest BCUT2D eigenvalue weighted by molar-refractivity contribution is -0.148. The third-order valence-electron chi connectivity index (χ3n) is 7.74. The zero-order valence-corrected chi connectivity index (χ0v) is 20.2. The Kier molecular flexibility index (Phi) is 5.80. The van der Waals surface area contributed by atoms with E-state index in [1.807, 2.05) is 47.0 Å². The predicted octanol–water partition coefficient (Wildman–Crippen LogP) is 3.79. The third-order valence-corrected chi connectivity index (χ3v) is 8.66. The molecule has 4 aliphatic carbocycles. The third kappa shape index (κ3) is 4.33. The Balaban J connectivity index is 1.12. The molecule has 4 fully saturated rings. The molecule has 0 atom stereocenters. The first-order valence-electron chi connectivity index (χ1n) is 12.2. The van der Waals surface area contributed by atoms with Gasteiger partial charge < -0.3 is 0 Å². The van der Waals surface area contributed by atoms with Gasteiger partial charge in [0.1, 0.15) is 0 Å². The molecule has 4 saturated carbocycles. The van der Waals surface area contributed by atoms with E-state index in [-0.39, 0.29) is 23.0 Å². The van der Waals surface area contributed by atoms with Crippen LogP contribution in [0.3, 0.4) is 0 Å². The Morgan fingerprint density at radius 3 is 2.31 bits per heavy atom. The molecule has 0 spiro atoms. The molecule has 2 heterocycles. The second kappa shape index (κ2) is 9.11. The number of carbonyl (C=O) groups excluding carboxylic acids is 2. The summed E-state index contributed by atoms with van der Waals surface area (Å²) in [6.07, 6.45) is 10.2. The van der Waals surface area contributed by atoms with E-state index in [1.165, 1.54) is 31.0 Å². The SMILES string of the molecule is O=C(CSc1nnc(-c2cccnc2)n1-c1ccccc1)NNC(=O)C12CC3CC(CC(C3)C1)C2. The summed E-state index contributed by atoms with van der Waals surface area (Å²) in [7, 11) is 0. The molecule has 4 bridgehead atoms. The molecule has 0 aliphatic heterocycles. The number of hydrazine groups is 1. The Hall–Kier alpha value is -3.20. The minimum atomic E-state index is -0.290. The second-order valence-corrected chi connectivity index (χ2v) is 11.2. The lowest BCUT2D eigenvalue weighted by atomic mass is 9.49. The Bertz CT molecular complexity index is 1190. The van der Waals surface area contributed by atoms with E-state index in [9.17, 15) is 9.59 Å². The van der Waals surface area contributed by atoms with E-state index >= 15 is 0 Å². The number of benzene rings is 1. The van der Waals surface area contributed by atoms with E-state index < -0.39 is 0 Å². The second-order valence-electron chi connectivity index (χ2n) is 10.2. The van der Waals surface area contributed by atoms with Gasteiger partial charge >= 0.3 is 0 Å². The van der Waals surface area contributed by atoms with Gasteiger partial charge in [-0.25, -0.2) is 0 Å². The van der Waals surface area contributed by atoms with Crippen molar-refractivity contribution in [3.63, 3.8) is 0 Å². The highest BCUT2D eigenvalue weighted by atomic mass is 32.2. The molecule has 0 unspecified atom stereocenters. The molecule has 2 aromatic heterocycles. The summed E-state index contributed by atoms with van der Waals surface area (Å²) in [6, 6.07) is 13.6. The van der Waals surface area contributed by atoms with Gasteiger partial charge in [0.15, 0.2) is 11.0 Å². The minimum Gasteiger partial charge on any atom is -0.273 e. The van der Waals surface area contributed by atoms with Gasteiger partial charge in [-0.2, -0.15) is 0 Å². The van der Waals surface area contributed by atoms with Gasteiger partial charge in [-0.05, 0) is 80.5 Å². The summed E-state index contributed by atoms with van der Waals surface area (Å²) >= 11 is 1.28. The van der Waals surface area contributed by atoms with Crippen LogP contribution in [0.1, 0.15) is 38.5 Å². The first-order valence-corrected chi connectivity index (χ1v) is 13.2. The Morgan fingerprint density at radius 2 is 1.66 bits per heavy atom. The molecule has 8 nitrogen and oxygen atoms in total. The molecule has 7 rings (SSSR count). The van der Waals surface area contributed by atoms with Gasteiger partial charge in [-0.15, -0.1) is 10.2 Å². The van der Waals surface area contributed by atoms with Crippen LogP contribution in [0, 0.1) is 23.2 Å². The summed E-state index contributed by atoms with van der Waals surface area (Å²) in [6.45, 7) is 0. The zero-order chi connectivity index (χ0) is 23.8. The van der Waals surface area contributed by atoms with Crippen LogP contribution in [0.2, 0.25) is 0 Å². The smallest absolute Gasteiger partial charge is 0.248 e. The molecule has 3 aromatic rings. The van der Waals surface area contributed by atoms with Crippen molar-refractivity contribution >= 4 is 23.6 Å². The summed E-state index contributed by atoms with van der Waals surface area (Å²) in [5.74, 6) is 2.52. The molecule has 35 heavy (non-hydrogen) atoms. The van der Waals surface area contributed by atoms with Crippen LogP contribution in [-0.4, -0.2) is 37.3 Å². The van der Waals surface area contributed by atoms with Crippen molar-refractivity contribution in [3.8, 4) is 17.1 Å². The maximum atomic E-state index is 13.1. The van der Waals surface area contributed by atoms with E-state index in [4.69, 9.17) is 0 Å². The normalized spacial score (nSPS) is 26.5. The van der Waals surface area contributed by atoms with Crippen LogP contribution in [-0.2, 0) is 9.59 Å². The van der Waals surface area contributed by atoms with Crippen LogP contribution in [0.5, 0.6) is 0 Å². The van der Waals surface area contributed by atoms with Crippen LogP contribution < -0.4 is 10.9 Å². The summed E-state index contributed by atoms with van der Waals surface area (Å²) in [4.78, 5) is 30.0. The number of carbonyl (C=O) groups is 2. The molecule has 0 saturated heterocycles. The largest absolute Gasteiger partial charge is 0.273 e. The molecule has 2 amide bonds. The quantitative estimate of drug-likeness (QED) is 0.404. The zero-order valence-electron chi connectivity index (χ0n) is 19.4. The number of rotatable bonds is 6. The summed E-state index contributed by atoms with van der Waals surface area (Å²) < 4.78 is 1.92. The standard InChI is InChI=1S/C26H28N6O2S/c33-22(28-30-24(34)26-12-17-9-18(13-26)11-19(10-17)14-26)16-35-25-31-29-23(20-5-4-8-27-15-20)32(25)21-6-2-1-3-7-21/h1-8,15,17-19H,9-14,16H2,(H,28,33)(H,30,34). The van der Waals surface area contributed by atoms with Gasteiger partial charge in [0, 0.05) is 23.6 Å². The van der Waals surface area contributed by atoms with Crippen molar-refractivity contribution < 1.29 is 9.59 Å². The van der Waals surface area contributed by atoms with Gasteiger partial charge in [0.2, 0.25) is 11.8 Å². The van der Waals surface area contributed by atoms with Crippen molar-refractivity contribution in [3.05, 3.63) is 54.9 Å². The van der Waals surface area contributed by atoms with Gasteiger partial charge in [-0.1, -0.05) is 30.0 Å². The average molecular weight is 489 g/mol. The van der Waals surface area contributed by atoms with Crippen LogP contribution in [0.15, 0.2) is 60.0 Å². The molecular weight excluding hydrogens is 460 g/mol. The number of nitrogens with one attached hydrogen (secondary N) is 2. The highest BCUT2D eigenvalue weighted by Crippen LogP contribution is 2.60. The van der Waals surface area contributed by atoms with Gasteiger partial charge in [-0.3, -0.25) is 30.0 Å². The molecule has 1 aromatic carbocycles. The fraction of sp³-hybridized carbons (Fsp3) is 0.423. The predicted molar refractivity (Wildman–Crippen MR) is 132 cm³/mol. The number of hydrogen-bond donors (Lipinski definition) is 2. The van der Waals surface area contributed by atoms with Crippen molar-refractivity contribution in [2.24, 2.45) is 23.2 Å².